The number of halogens is 1. The molecule has 0 atom stereocenters. The van der Waals surface area contributed by atoms with Gasteiger partial charge in [-0.25, -0.2) is 4.79 Å². The molecule has 0 N–H and O–H groups in total. The number of fused-ring (bicyclic) bond motifs is 1. The molecule has 2 rings (SSSR count). The first kappa shape index (κ1) is 13.5. The predicted octanol–water partition coefficient (Wildman–Crippen LogP) is 1.92. The Morgan fingerprint density at radius 3 is 2.89 bits per heavy atom. The molecule has 1 heterocycles. The van der Waals surface area contributed by atoms with Crippen LogP contribution in [0.25, 0.3) is 10.9 Å². The van der Waals surface area contributed by atoms with Crippen LogP contribution in [0.4, 0.5) is 0 Å². The van der Waals surface area contributed by atoms with Crippen LogP contribution in [0.2, 0.25) is 5.02 Å². The zero-order chi connectivity index (χ0) is 14.0. The van der Waals surface area contributed by atoms with Gasteiger partial charge < -0.3 is 4.74 Å². The number of aromatic nitrogens is 2. The van der Waals surface area contributed by atoms with Crippen molar-refractivity contribution in [3.63, 3.8) is 0 Å². The fourth-order valence-corrected chi connectivity index (χ4v) is 2.09. The van der Waals surface area contributed by atoms with E-state index in [4.69, 9.17) is 11.6 Å². The van der Waals surface area contributed by atoms with Crippen LogP contribution in [0.1, 0.15) is 12.1 Å². The minimum Gasteiger partial charge on any atom is -0.469 e. The van der Waals surface area contributed by atoms with Gasteiger partial charge in [0.1, 0.15) is 0 Å². The van der Waals surface area contributed by atoms with Crippen LogP contribution in [0.15, 0.2) is 23.0 Å². The summed E-state index contributed by atoms with van der Waals surface area (Å²) in [7, 11) is 1.32. The number of carbonyl (C=O) groups is 1. The molecular weight excluding hydrogens is 268 g/mol. The molecule has 0 aliphatic carbocycles. The van der Waals surface area contributed by atoms with Crippen molar-refractivity contribution in [2.24, 2.45) is 0 Å². The van der Waals surface area contributed by atoms with Gasteiger partial charge in [0.05, 0.1) is 24.7 Å². The highest BCUT2D eigenvalue weighted by molar-refractivity contribution is 6.31. The van der Waals surface area contributed by atoms with Crippen molar-refractivity contribution in [3.05, 3.63) is 39.4 Å². The second kappa shape index (κ2) is 5.40. The maximum atomic E-state index is 11.9. The van der Waals surface area contributed by atoms with Gasteiger partial charge in [-0.1, -0.05) is 11.6 Å². The fourth-order valence-electron chi connectivity index (χ4n) is 1.92. The molecule has 100 valence electrons. The maximum absolute atomic E-state index is 11.9. The van der Waals surface area contributed by atoms with E-state index in [1.54, 1.807) is 25.1 Å². The number of benzene rings is 1. The molecule has 0 unspecified atom stereocenters. The molecule has 0 radical (unpaired) electrons. The largest absolute Gasteiger partial charge is 0.469 e. The van der Waals surface area contributed by atoms with E-state index in [0.717, 1.165) is 5.39 Å². The standard InChI is InChI=1S/C13H13ClN2O3/c1-8-10-7-9(14)3-4-11(10)16(13(18)15-8)6-5-12(17)19-2/h3-4,7H,5-6H2,1-2H3. The number of carbonyl (C=O) groups excluding carboxylic acids is 1. The average molecular weight is 281 g/mol. The highest BCUT2D eigenvalue weighted by Gasteiger charge is 2.10. The van der Waals surface area contributed by atoms with E-state index in [2.05, 4.69) is 9.72 Å². The number of esters is 1. The summed E-state index contributed by atoms with van der Waals surface area (Å²) in [5, 5.41) is 1.38. The van der Waals surface area contributed by atoms with Crippen LogP contribution in [-0.4, -0.2) is 22.6 Å². The highest BCUT2D eigenvalue weighted by atomic mass is 35.5. The fraction of sp³-hybridized carbons (Fsp3) is 0.308. The number of rotatable bonds is 3. The molecule has 5 nitrogen and oxygen atoms in total. The molecule has 0 fully saturated rings. The van der Waals surface area contributed by atoms with E-state index in [9.17, 15) is 9.59 Å². The van der Waals surface area contributed by atoms with Gasteiger partial charge in [-0.05, 0) is 25.1 Å². The third kappa shape index (κ3) is 2.76. The number of methoxy groups -OCH3 is 1. The molecular formula is C13H13ClN2O3. The molecule has 0 aliphatic heterocycles. The number of aryl methyl sites for hydroxylation is 2. The van der Waals surface area contributed by atoms with Gasteiger partial charge in [0.2, 0.25) is 0 Å². The molecule has 0 amide bonds. The van der Waals surface area contributed by atoms with Crippen LogP contribution in [0, 0.1) is 6.92 Å². The average Bonchev–Trinajstić information content (AvgIpc) is 2.38. The van der Waals surface area contributed by atoms with Gasteiger partial charge >= 0.3 is 11.7 Å². The minimum absolute atomic E-state index is 0.124. The third-order valence-corrected chi connectivity index (χ3v) is 3.14. The zero-order valence-electron chi connectivity index (χ0n) is 10.6. The summed E-state index contributed by atoms with van der Waals surface area (Å²) in [5.41, 5.74) is 0.957. The van der Waals surface area contributed by atoms with Crippen LogP contribution in [-0.2, 0) is 16.1 Å². The third-order valence-electron chi connectivity index (χ3n) is 2.90. The van der Waals surface area contributed by atoms with Gasteiger partial charge in [0.15, 0.2) is 0 Å². The van der Waals surface area contributed by atoms with Crippen molar-refractivity contribution < 1.29 is 9.53 Å². The molecule has 0 aliphatic rings. The Bertz CT molecular complexity index is 694. The topological polar surface area (TPSA) is 61.2 Å². The van der Waals surface area contributed by atoms with Gasteiger partial charge in [0, 0.05) is 17.0 Å². The van der Waals surface area contributed by atoms with Crippen molar-refractivity contribution >= 4 is 28.5 Å². The summed E-state index contributed by atoms with van der Waals surface area (Å²) in [6, 6.07) is 5.22. The van der Waals surface area contributed by atoms with E-state index < -0.39 is 0 Å². The zero-order valence-corrected chi connectivity index (χ0v) is 11.4. The van der Waals surface area contributed by atoms with Gasteiger partial charge in [-0.3, -0.25) is 9.36 Å². The number of hydrogen-bond acceptors (Lipinski definition) is 4. The molecule has 19 heavy (non-hydrogen) atoms. The van der Waals surface area contributed by atoms with Crippen molar-refractivity contribution in [3.8, 4) is 0 Å². The molecule has 0 spiro atoms. The van der Waals surface area contributed by atoms with Crippen LogP contribution in [0.5, 0.6) is 0 Å². The van der Waals surface area contributed by atoms with Crippen molar-refractivity contribution in [2.75, 3.05) is 7.11 Å². The van der Waals surface area contributed by atoms with E-state index in [-0.39, 0.29) is 24.6 Å². The first-order chi connectivity index (χ1) is 9.02. The lowest BCUT2D eigenvalue weighted by Gasteiger charge is -2.10. The van der Waals surface area contributed by atoms with Crippen molar-refractivity contribution in [1.82, 2.24) is 9.55 Å². The first-order valence-corrected chi connectivity index (χ1v) is 6.14. The Hall–Kier alpha value is -1.88. The quantitative estimate of drug-likeness (QED) is 0.806. The summed E-state index contributed by atoms with van der Waals surface area (Å²) < 4.78 is 6.02. The summed E-state index contributed by atoms with van der Waals surface area (Å²) in [5.74, 6) is -0.366. The summed E-state index contributed by atoms with van der Waals surface area (Å²) in [6.45, 7) is 1.99. The monoisotopic (exact) mass is 280 g/mol. The molecule has 0 saturated carbocycles. The summed E-state index contributed by atoms with van der Waals surface area (Å²) in [4.78, 5) is 27.0. The SMILES string of the molecule is COC(=O)CCn1c(=O)nc(C)c2cc(Cl)ccc21. The Morgan fingerprint density at radius 1 is 1.47 bits per heavy atom. The lowest BCUT2D eigenvalue weighted by atomic mass is 10.2. The van der Waals surface area contributed by atoms with Crippen molar-refractivity contribution in [1.29, 1.82) is 0 Å². The molecule has 2 aromatic rings. The normalized spacial score (nSPS) is 10.7. The lowest BCUT2D eigenvalue weighted by Crippen LogP contribution is -2.25. The Labute approximate surface area is 114 Å². The van der Waals surface area contributed by atoms with Crippen LogP contribution >= 0.6 is 11.6 Å². The number of hydrogen-bond donors (Lipinski definition) is 0. The second-order valence-electron chi connectivity index (χ2n) is 4.12. The Morgan fingerprint density at radius 2 is 2.21 bits per heavy atom. The van der Waals surface area contributed by atoms with Gasteiger partial charge in [0.25, 0.3) is 0 Å². The molecule has 0 saturated heterocycles. The number of nitrogens with zero attached hydrogens (tertiary/aromatic N) is 2. The summed E-state index contributed by atoms with van der Waals surface area (Å²) >= 11 is 5.94. The van der Waals surface area contributed by atoms with Gasteiger partial charge in [-0.2, -0.15) is 4.98 Å². The van der Waals surface area contributed by atoms with Crippen LogP contribution in [0.3, 0.4) is 0 Å². The van der Waals surface area contributed by atoms with Crippen molar-refractivity contribution in [2.45, 2.75) is 19.9 Å². The van der Waals surface area contributed by atoms with E-state index in [1.807, 2.05) is 0 Å². The molecule has 1 aromatic carbocycles. The molecule has 6 heteroatoms. The molecule has 1 aromatic heterocycles. The lowest BCUT2D eigenvalue weighted by molar-refractivity contribution is -0.140. The van der Waals surface area contributed by atoms with E-state index in [1.165, 1.54) is 11.7 Å². The number of ether oxygens (including phenoxy) is 1. The molecule has 0 bridgehead atoms. The van der Waals surface area contributed by atoms with Crippen LogP contribution < -0.4 is 5.69 Å². The second-order valence-corrected chi connectivity index (χ2v) is 4.56. The Kier molecular flexibility index (Phi) is 3.85. The van der Waals surface area contributed by atoms with E-state index >= 15 is 0 Å². The first-order valence-electron chi connectivity index (χ1n) is 5.76. The highest BCUT2D eigenvalue weighted by Crippen LogP contribution is 2.20. The smallest absolute Gasteiger partial charge is 0.348 e. The maximum Gasteiger partial charge on any atom is 0.348 e. The summed E-state index contributed by atoms with van der Waals surface area (Å²) in [6.07, 6.45) is 0.124. The predicted molar refractivity (Wildman–Crippen MR) is 72.4 cm³/mol. The Balaban J connectivity index is 2.54. The minimum atomic E-state index is -0.378. The van der Waals surface area contributed by atoms with E-state index in [0.29, 0.717) is 16.2 Å². The van der Waals surface area contributed by atoms with Gasteiger partial charge in [-0.15, -0.1) is 0 Å².